The van der Waals surface area contributed by atoms with E-state index >= 15 is 0 Å². The molecule has 0 amide bonds. The molecule has 132 valence electrons. The summed E-state index contributed by atoms with van der Waals surface area (Å²) in [7, 11) is -3.52. The van der Waals surface area contributed by atoms with Crippen LogP contribution in [0.4, 0.5) is 5.69 Å². The molecule has 1 fully saturated rings. The largest absolute Gasteiger partial charge is 0.454 e. The summed E-state index contributed by atoms with van der Waals surface area (Å²) in [5, 5.41) is 0.417. The van der Waals surface area contributed by atoms with Crippen molar-refractivity contribution in [2.45, 2.75) is 4.90 Å². The van der Waals surface area contributed by atoms with E-state index in [1.165, 1.54) is 10.4 Å². The van der Waals surface area contributed by atoms with Gasteiger partial charge in [0.1, 0.15) is 0 Å². The number of ether oxygens (including phenoxy) is 2. The average Bonchev–Trinajstić information content (AvgIpc) is 3.09. The van der Waals surface area contributed by atoms with Gasteiger partial charge in [-0.2, -0.15) is 4.31 Å². The van der Waals surface area contributed by atoms with Crippen LogP contribution in [-0.4, -0.2) is 45.7 Å². The van der Waals surface area contributed by atoms with Crippen LogP contribution in [-0.2, 0) is 10.0 Å². The van der Waals surface area contributed by atoms with Crippen molar-refractivity contribution in [3.05, 3.63) is 47.5 Å². The molecule has 8 heteroatoms. The summed E-state index contributed by atoms with van der Waals surface area (Å²) in [6.45, 7) is 2.30. The molecule has 4 rings (SSSR count). The van der Waals surface area contributed by atoms with Crippen molar-refractivity contribution in [1.29, 1.82) is 0 Å². The zero-order valence-electron chi connectivity index (χ0n) is 13.4. The number of fused-ring (bicyclic) bond motifs is 1. The van der Waals surface area contributed by atoms with E-state index in [9.17, 15) is 8.42 Å². The van der Waals surface area contributed by atoms with E-state index in [0.717, 1.165) is 17.2 Å². The SMILES string of the molecule is O=S(=O)(c1cccc(Cl)c1)N1CCN(c2ccc3c(c2)OCO3)CC1. The predicted molar refractivity (Wildman–Crippen MR) is 95.0 cm³/mol. The Bertz CT molecular complexity index is 895. The van der Waals surface area contributed by atoms with Gasteiger partial charge in [-0.3, -0.25) is 0 Å². The fourth-order valence-corrected chi connectivity index (χ4v) is 4.77. The molecule has 2 aliphatic heterocycles. The van der Waals surface area contributed by atoms with E-state index in [0.29, 0.717) is 31.2 Å². The van der Waals surface area contributed by atoms with Crippen molar-refractivity contribution >= 4 is 27.3 Å². The quantitative estimate of drug-likeness (QED) is 0.819. The maximum Gasteiger partial charge on any atom is 0.243 e. The fraction of sp³-hybridized carbons (Fsp3) is 0.294. The second-order valence-electron chi connectivity index (χ2n) is 5.89. The molecule has 1 saturated heterocycles. The van der Waals surface area contributed by atoms with Crippen LogP contribution in [0.25, 0.3) is 0 Å². The van der Waals surface area contributed by atoms with E-state index < -0.39 is 10.0 Å². The van der Waals surface area contributed by atoms with Crippen LogP contribution in [0.3, 0.4) is 0 Å². The highest BCUT2D eigenvalue weighted by Gasteiger charge is 2.29. The number of piperazine rings is 1. The van der Waals surface area contributed by atoms with E-state index in [2.05, 4.69) is 4.90 Å². The molecular weight excluding hydrogens is 364 g/mol. The van der Waals surface area contributed by atoms with E-state index in [1.807, 2.05) is 18.2 Å². The second kappa shape index (κ2) is 6.40. The Morgan fingerprint density at radius 2 is 1.68 bits per heavy atom. The lowest BCUT2D eigenvalue weighted by Gasteiger charge is -2.35. The molecule has 0 atom stereocenters. The van der Waals surface area contributed by atoms with E-state index in [-0.39, 0.29) is 11.7 Å². The molecule has 0 N–H and O–H groups in total. The van der Waals surface area contributed by atoms with Gasteiger partial charge in [0.05, 0.1) is 4.90 Å². The third-order valence-corrected chi connectivity index (χ3v) is 6.52. The van der Waals surface area contributed by atoms with Crippen molar-refractivity contribution < 1.29 is 17.9 Å². The summed E-state index contributed by atoms with van der Waals surface area (Å²) in [6, 6.07) is 12.2. The van der Waals surface area contributed by atoms with Gasteiger partial charge in [-0.05, 0) is 30.3 Å². The minimum absolute atomic E-state index is 0.233. The molecule has 2 aromatic carbocycles. The molecule has 0 aliphatic carbocycles. The van der Waals surface area contributed by atoms with E-state index in [1.54, 1.807) is 18.2 Å². The van der Waals surface area contributed by atoms with Crippen molar-refractivity contribution in [2.24, 2.45) is 0 Å². The Balaban J connectivity index is 1.48. The molecule has 2 heterocycles. The van der Waals surface area contributed by atoms with Crippen molar-refractivity contribution in [3.8, 4) is 11.5 Å². The number of hydrogen-bond acceptors (Lipinski definition) is 5. The van der Waals surface area contributed by atoms with Crippen LogP contribution < -0.4 is 14.4 Å². The van der Waals surface area contributed by atoms with Gasteiger partial charge in [0.15, 0.2) is 11.5 Å². The first-order valence-electron chi connectivity index (χ1n) is 7.94. The minimum atomic E-state index is -3.52. The molecule has 0 unspecified atom stereocenters. The summed E-state index contributed by atoms with van der Waals surface area (Å²) in [6.07, 6.45) is 0. The van der Waals surface area contributed by atoms with Crippen LogP contribution >= 0.6 is 11.6 Å². The molecular formula is C17H17ClN2O4S. The maximum atomic E-state index is 12.7. The Kier molecular flexibility index (Phi) is 4.23. The minimum Gasteiger partial charge on any atom is -0.454 e. The van der Waals surface area contributed by atoms with Gasteiger partial charge in [-0.1, -0.05) is 17.7 Å². The van der Waals surface area contributed by atoms with Crippen LogP contribution in [0, 0.1) is 0 Å². The third kappa shape index (κ3) is 3.15. The van der Waals surface area contributed by atoms with Gasteiger partial charge in [-0.15, -0.1) is 0 Å². The van der Waals surface area contributed by atoms with Gasteiger partial charge >= 0.3 is 0 Å². The molecule has 0 radical (unpaired) electrons. The summed E-state index contributed by atoms with van der Waals surface area (Å²) in [5.74, 6) is 1.47. The highest BCUT2D eigenvalue weighted by molar-refractivity contribution is 7.89. The lowest BCUT2D eigenvalue weighted by Crippen LogP contribution is -2.48. The number of sulfonamides is 1. The average molecular weight is 381 g/mol. The zero-order chi connectivity index (χ0) is 17.4. The Hall–Kier alpha value is -1.96. The predicted octanol–water partition coefficient (Wildman–Crippen LogP) is 2.58. The lowest BCUT2D eigenvalue weighted by molar-refractivity contribution is 0.174. The van der Waals surface area contributed by atoms with Crippen molar-refractivity contribution in [2.75, 3.05) is 37.9 Å². The van der Waals surface area contributed by atoms with Gasteiger partial charge in [0.2, 0.25) is 16.8 Å². The first-order chi connectivity index (χ1) is 12.0. The van der Waals surface area contributed by atoms with Crippen LogP contribution in [0.5, 0.6) is 11.5 Å². The van der Waals surface area contributed by atoms with E-state index in [4.69, 9.17) is 21.1 Å². The zero-order valence-corrected chi connectivity index (χ0v) is 15.0. The Morgan fingerprint density at radius 1 is 0.920 bits per heavy atom. The van der Waals surface area contributed by atoms with Crippen molar-refractivity contribution in [1.82, 2.24) is 4.31 Å². The summed E-state index contributed by atoms with van der Waals surface area (Å²) in [5.41, 5.74) is 1.00. The normalized spacial score (nSPS) is 17.7. The van der Waals surface area contributed by atoms with Crippen molar-refractivity contribution in [3.63, 3.8) is 0 Å². The molecule has 2 aliphatic rings. The monoisotopic (exact) mass is 380 g/mol. The maximum absolute atomic E-state index is 12.7. The molecule has 6 nitrogen and oxygen atoms in total. The Morgan fingerprint density at radius 3 is 2.44 bits per heavy atom. The summed E-state index contributed by atoms with van der Waals surface area (Å²) < 4.78 is 37.7. The standard InChI is InChI=1S/C17H17ClN2O4S/c18-13-2-1-3-15(10-13)25(21,22)20-8-6-19(7-9-20)14-4-5-16-17(11-14)24-12-23-16/h1-5,10-11H,6-9,12H2. The molecule has 0 aromatic heterocycles. The smallest absolute Gasteiger partial charge is 0.243 e. The second-order valence-corrected chi connectivity index (χ2v) is 8.26. The number of anilines is 1. The first kappa shape index (κ1) is 16.5. The highest BCUT2D eigenvalue weighted by Crippen LogP contribution is 2.35. The molecule has 0 bridgehead atoms. The molecule has 2 aromatic rings. The first-order valence-corrected chi connectivity index (χ1v) is 9.76. The summed E-state index contributed by atoms with van der Waals surface area (Å²) >= 11 is 5.93. The number of benzene rings is 2. The molecule has 25 heavy (non-hydrogen) atoms. The topological polar surface area (TPSA) is 59.1 Å². The van der Waals surface area contributed by atoms with Crippen LogP contribution in [0.1, 0.15) is 0 Å². The number of nitrogens with zero attached hydrogens (tertiary/aromatic N) is 2. The van der Waals surface area contributed by atoms with Crippen LogP contribution in [0.2, 0.25) is 5.02 Å². The number of hydrogen-bond donors (Lipinski definition) is 0. The molecule has 0 spiro atoms. The summed E-state index contributed by atoms with van der Waals surface area (Å²) in [4.78, 5) is 2.38. The van der Waals surface area contributed by atoms with Crippen LogP contribution in [0.15, 0.2) is 47.4 Å². The third-order valence-electron chi connectivity index (χ3n) is 4.39. The highest BCUT2D eigenvalue weighted by atomic mass is 35.5. The fourth-order valence-electron chi connectivity index (χ4n) is 3.05. The molecule has 0 saturated carbocycles. The number of halogens is 1. The van der Waals surface area contributed by atoms with Gasteiger partial charge in [0, 0.05) is 43.0 Å². The number of rotatable bonds is 3. The lowest BCUT2D eigenvalue weighted by atomic mass is 10.2. The van der Waals surface area contributed by atoms with Gasteiger partial charge in [0.25, 0.3) is 0 Å². The van der Waals surface area contributed by atoms with Gasteiger partial charge in [-0.25, -0.2) is 8.42 Å². The Labute approximate surface area is 151 Å². The van der Waals surface area contributed by atoms with Gasteiger partial charge < -0.3 is 14.4 Å².